The van der Waals surface area contributed by atoms with Crippen LogP contribution in [0.4, 0.5) is 0 Å². The molecule has 0 aromatic heterocycles. The molecule has 0 bridgehead atoms. The van der Waals surface area contributed by atoms with E-state index in [1.165, 1.54) is 89.2 Å². The van der Waals surface area contributed by atoms with Crippen molar-refractivity contribution in [3.63, 3.8) is 0 Å². The Kier molecular flexibility index (Phi) is 11.4. The highest BCUT2D eigenvalue weighted by molar-refractivity contribution is 5.68. The second kappa shape index (κ2) is 14.4. The number of fused-ring (bicyclic) bond motifs is 7. The lowest BCUT2D eigenvalue weighted by atomic mass is 9.33. The summed E-state index contributed by atoms with van der Waals surface area (Å²) in [5.41, 5.74) is 8.84. The van der Waals surface area contributed by atoms with Gasteiger partial charge in [0.25, 0.3) is 0 Å². The lowest BCUT2D eigenvalue weighted by molar-refractivity contribution is -0.217. The number of hydrogen-bond donors (Lipinski definition) is 4. The number of hydrogen-bond acceptors (Lipinski definition) is 5. The monoisotopic (exact) mass is 624 g/mol. The molecule has 5 rings (SSSR count). The lowest BCUT2D eigenvalue weighted by Crippen LogP contribution is -2.66. The Morgan fingerprint density at radius 1 is 0.822 bits per heavy atom. The Morgan fingerprint density at radius 2 is 1.53 bits per heavy atom. The second-order valence-corrected chi connectivity index (χ2v) is 17.9. The van der Waals surface area contributed by atoms with Gasteiger partial charge in [-0.05, 0) is 196 Å². The molecule has 0 aromatic rings. The topological polar surface area (TPSA) is 74.5 Å². The van der Waals surface area contributed by atoms with Gasteiger partial charge in [-0.1, -0.05) is 32.9 Å². The molecule has 5 nitrogen and oxygen atoms in total. The molecule has 4 aliphatic carbocycles. The predicted molar refractivity (Wildman–Crippen MR) is 194 cm³/mol. The number of unbranched alkanes of at least 4 members (excludes halogenated alkanes) is 1. The summed E-state index contributed by atoms with van der Waals surface area (Å²) in [5, 5.41) is 11.1. The van der Waals surface area contributed by atoms with Crippen molar-refractivity contribution >= 4 is 6.21 Å². The van der Waals surface area contributed by atoms with Gasteiger partial charge in [-0.3, -0.25) is 4.99 Å². The quantitative estimate of drug-likeness (QED) is 0.0907. The first-order valence-corrected chi connectivity index (χ1v) is 19.5. The molecular formula is C40H73N5. The molecule has 45 heavy (non-hydrogen) atoms. The van der Waals surface area contributed by atoms with E-state index in [1.54, 1.807) is 0 Å². The molecular weight excluding hydrogens is 550 g/mol. The molecule has 0 amide bonds. The number of rotatable bonds is 14. The van der Waals surface area contributed by atoms with Crippen LogP contribution < -0.4 is 21.7 Å². The Bertz CT molecular complexity index is 1020. The molecule has 0 spiro atoms. The standard InChI is InChI=1S/C40H73N5/c1-30(2)31-15-19-40(29-44-27-12-26-43-24-9-8-23-42-25-11-22-41)21-20-38(6)32(35(31)40)13-14-34-37(5)17-10-28-45-36(3,4)33(37)16-18-39(34,38)7/h29,31-35,42-43,45H,1,8-28,41H2,2-7H3/t31-,32+,33-,34+,35+,37-,38+,39+,40+/m0/s1. The van der Waals surface area contributed by atoms with Crippen LogP contribution in [0.2, 0.25) is 0 Å². The highest BCUT2D eigenvalue weighted by Gasteiger charge is 2.69. The Balaban J connectivity index is 1.24. The fourth-order valence-electron chi connectivity index (χ4n) is 12.8. The zero-order chi connectivity index (χ0) is 32.3. The van der Waals surface area contributed by atoms with Crippen LogP contribution in [0.5, 0.6) is 0 Å². The van der Waals surface area contributed by atoms with Crippen molar-refractivity contribution in [1.82, 2.24) is 16.0 Å². The van der Waals surface area contributed by atoms with Crippen LogP contribution in [0.25, 0.3) is 0 Å². The van der Waals surface area contributed by atoms with Crippen molar-refractivity contribution in [2.24, 2.45) is 62.0 Å². The van der Waals surface area contributed by atoms with E-state index in [-0.39, 0.29) is 11.0 Å². The fourth-order valence-corrected chi connectivity index (χ4v) is 12.8. The molecule has 1 aliphatic heterocycles. The van der Waals surface area contributed by atoms with E-state index in [0.717, 1.165) is 75.8 Å². The summed E-state index contributed by atoms with van der Waals surface area (Å²) >= 11 is 0. The lowest BCUT2D eigenvalue weighted by Gasteiger charge is -2.71. The van der Waals surface area contributed by atoms with Crippen LogP contribution in [-0.2, 0) is 0 Å². The summed E-state index contributed by atoms with van der Waals surface area (Å²) in [6.07, 6.45) is 21.0. The van der Waals surface area contributed by atoms with Crippen LogP contribution in [0.3, 0.4) is 0 Å². The van der Waals surface area contributed by atoms with E-state index in [2.05, 4.69) is 70.3 Å². The zero-order valence-electron chi connectivity index (χ0n) is 30.5. The molecule has 4 saturated carbocycles. The average molecular weight is 624 g/mol. The number of allylic oxidation sites excluding steroid dienone is 1. The third kappa shape index (κ3) is 6.64. The van der Waals surface area contributed by atoms with Gasteiger partial charge in [0.15, 0.2) is 0 Å². The van der Waals surface area contributed by atoms with Gasteiger partial charge in [-0.2, -0.15) is 0 Å². The summed E-state index contributed by atoms with van der Waals surface area (Å²) in [6.45, 7) is 27.6. The van der Waals surface area contributed by atoms with Crippen LogP contribution in [0.15, 0.2) is 17.1 Å². The van der Waals surface area contributed by atoms with E-state index in [0.29, 0.717) is 22.2 Å². The van der Waals surface area contributed by atoms with Crippen molar-refractivity contribution < 1.29 is 0 Å². The van der Waals surface area contributed by atoms with Gasteiger partial charge in [0.2, 0.25) is 0 Å². The number of aliphatic imine (C=N–C) groups is 1. The van der Waals surface area contributed by atoms with Gasteiger partial charge in [0.1, 0.15) is 0 Å². The highest BCUT2D eigenvalue weighted by atomic mass is 15.0. The van der Waals surface area contributed by atoms with Crippen LogP contribution in [-0.4, -0.2) is 57.6 Å². The Labute approximate surface area is 278 Å². The molecule has 5 fully saturated rings. The zero-order valence-corrected chi connectivity index (χ0v) is 30.5. The summed E-state index contributed by atoms with van der Waals surface area (Å²) in [7, 11) is 0. The molecule has 258 valence electrons. The van der Waals surface area contributed by atoms with Crippen molar-refractivity contribution in [3.05, 3.63) is 12.2 Å². The molecule has 0 unspecified atom stereocenters. The fraction of sp³-hybridized carbons (Fsp3) is 0.925. The maximum atomic E-state index is 5.57. The summed E-state index contributed by atoms with van der Waals surface area (Å²) in [6, 6.07) is 0. The molecule has 0 radical (unpaired) electrons. The molecule has 0 aromatic carbocycles. The van der Waals surface area contributed by atoms with E-state index in [4.69, 9.17) is 10.7 Å². The number of nitrogens with two attached hydrogens (primary N) is 1. The first kappa shape index (κ1) is 35.6. The third-order valence-electron chi connectivity index (χ3n) is 15.2. The van der Waals surface area contributed by atoms with E-state index >= 15 is 0 Å². The first-order chi connectivity index (χ1) is 21.5. The average Bonchev–Trinajstić information content (AvgIpc) is 3.33. The van der Waals surface area contributed by atoms with Crippen LogP contribution >= 0.6 is 0 Å². The van der Waals surface area contributed by atoms with Gasteiger partial charge in [-0.25, -0.2) is 0 Å². The smallest absolute Gasteiger partial charge is 0.0397 e. The summed E-state index contributed by atoms with van der Waals surface area (Å²) in [4.78, 5) is 5.23. The Hall–Kier alpha value is -0.750. The molecule has 5 aliphatic rings. The Morgan fingerprint density at radius 3 is 2.24 bits per heavy atom. The van der Waals surface area contributed by atoms with Crippen molar-refractivity contribution in [1.29, 1.82) is 0 Å². The van der Waals surface area contributed by atoms with Crippen molar-refractivity contribution in [2.45, 2.75) is 137 Å². The normalized spacial score (nSPS) is 42.4. The van der Waals surface area contributed by atoms with Crippen LogP contribution in [0, 0.1) is 51.2 Å². The number of nitrogens with zero attached hydrogens (tertiary/aromatic N) is 1. The third-order valence-corrected chi connectivity index (χ3v) is 15.2. The van der Waals surface area contributed by atoms with Gasteiger partial charge in [0, 0.05) is 23.7 Å². The van der Waals surface area contributed by atoms with Gasteiger partial charge in [0.05, 0.1) is 0 Å². The molecule has 1 saturated heterocycles. The molecule has 5 heteroatoms. The minimum Gasteiger partial charge on any atom is -0.330 e. The molecule has 9 atom stereocenters. The van der Waals surface area contributed by atoms with E-state index in [9.17, 15) is 0 Å². The summed E-state index contributed by atoms with van der Waals surface area (Å²) < 4.78 is 0. The largest absolute Gasteiger partial charge is 0.330 e. The maximum Gasteiger partial charge on any atom is 0.0397 e. The van der Waals surface area contributed by atoms with Crippen molar-refractivity contribution in [2.75, 3.05) is 45.8 Å². The minimum absolute atomic E-state index is 0.246. The predicted octanol–water partition coefficient (Wildman–Crippen LogP) is 7.76. The van der Waals surface area contributed by atoms with Gasteiger partial charge >= 0.3 is 0 Å². The first-order valence-electron chi connectivity index (χ1n) is 19.5. The SMILES string of the molecule is C=C(C)[C@@H]1CC[C@]2(C=NCCCNCCCCNCCCN)CC[C@]3(C)[C@H](CC[C@@H]4[C@@]5(C)CCCNC(C)(C)[C@@H]5CC[C@]43C)[C@@H]12. The number of nitrogens with one attached hydrogen (secondary N) is 3. The maximum absolute atomic E-state index is 5.57. The minimum atomic E-state index is 0.246. The summed E-state index contributed by atoms with van der Waals surface area (Å²) in [5.74, 6) is 3.82. The van der Waals surface area contributed by atoms with E-state index < -0.39 is 0 Å². The van der Waals surface area contributed by atoms with Crippen LogP contribution in [0.1, 0.15) is 131 Å². The van der Waals surface area contributed by atoms with Gasteiger partial charge in [-0.15, -0.1) is 0 Å². The van der Waals surface area contributed by atoms with Gasteiger partial charge < -0.3 is 21.7 Å². The van der Waals surface area contributed by atoms with Crippen molar-refractivity contribution in [3.8, 4) is 0 Å². The van der Waals surface area contributed by atoms with E-state index in [1.807, 2.05) is 0 Å². The highest BCUT2D eigenvalue weighted by Crippen LogP contribution is 2.76. The molecule has 5 N–H and O–H groups in total. The second-order valence-electron chi connectivity index (χ2n) is 17.9. The molecule has 1 heterocycles.